The molecule has 0 saturated carbocycles. The lowest BCUT2D eigenvalue weighted by molar-refractivity contribution is -0.152. The topological polar surface area (TPSA) is 106 Å². The summed E-state index contributed by atoms with van der Waals surface area (Å²) < 4.78 is 81.1. The van der Waals surface area contributed by atoms with Crippen LogP contribution in [0.5, 0.6) is 11.5 Å². The third-order valence-corrected chi connectivity index (χ3v) is 5.92. The third kappa shape index (κ3) is 5.67. The van der Waals surface area contributed by atoms with Gasteiger partial charge in [-0.3, -0.25) is 0 Å². The summed E-state index contributed by atoms with van der Waals surface area (Å²) in [6.07, 6.45) is -6.06. The highest BCUT2D eigenvalue weighted by atomic mass is 19.4. The van der Waals surface area contributed by atoms with Crippen LogP contribution in [0.1, 0.15) is 42.5 Å². The van der Waals surface area contributed by atoms with Crippen LogP contribution in [0.15, 0.2) is 65.5 Å². The zero-order chi connectivity index (χ0) is 29.4. The average molecular weight is 563 g/mol. The van der Waals surface area contributed by atoms with Gasteiger partial charge in [0.2, 0.25) is 0 Å². The predicted molar refractivity (Wildman–Crippen MR) is 132 cm³/mol. The number of carboxylic acid groups (broad SMARTS) is 1. The first kappa shape index (κ1) is 28.3. The van der Waals surface area contributed by atoms with Crippen LogP contribution in [-0.4, -0.2) is 31.4 Å². The van der Waals surface area contributed by atoms with Crippen molar-refractivity contribution in [2.24, 2.45) is 0 Å². The lowest BCUT2D eigenvalue weighted by Gasteiger charge is -2.24. The van der Waals surface area contributed by atoms with Gasteiger partial charge in [-0.15, -0.1) is 0 Å². The number of para-hydroxylation sites is 1. The van der Waals surface area contributed by atoms with Crippen molar-refractivity contribution in [3.05, 3.63) is 105 Å². The number of aliphatic carboxylic acids is 1. The van der Waals surface area contributed by atoms with E-state index in [1.807, 2.05) is 0 Å². The summed E-state index contributed by atoms with van der Waals surface area (Å²) in [6, 6.07) is 11.0. The molecule has 0 aliphatic carbocycles. The van der Waals surface area contributed by atoms with Crippen molar-refractivity contribution in [2.45, 2.75) is 38.7 Å². The lowest BCUT2D eigenvalue weighted by Crippen LogP contribution is -2.38. The molecule has 1 aromatic heterocycles. The largest absolute Gasteiger partial charge is 0.478 e. The van der Waals surface area contributed by atoms with E-state index >= 15 is 0 Å². The zero-order valence-electron chi connectivity index (χ0n) is 21.2. The number of nitrogens with zero attached hydrogens (tertiary/aromatic N) is 2. The fraction of sp³-hybridized carbons (Fsp3) is 0.222. The van der Waals surface area contributed by atoms with E-state index in [4.69, 9.17) is 9.47 Å². The number of aryl methyl sites for hydroxylation is 1. The molecular formula is C27H22F5N3O5. The van der Waals surface area contributed by atoms with Crippen LogP contribution < -0.4 is 15.2 Å². The maximum Gasteiger partial charge on any atom is 0.416 e. The molecule has 0 amide bonds. The second-order valence-corrected chi connectivity index (χ2v) is 9.26. The molecule has 0 saturated heterocycles. The molecule has 0 fully saturated rings. The lowest BCUT2D eigenvalue weighted by atomic mass is 10.1. The fourth-order valence-corrected chi connectivity index (χ4v) is 3.78. The van der Waals surface area contributed by atoms with Gasteiger partial charge in [0.15, 0.2) is 17.5 Å². The van der Waals surface area contributed by atoms with Gasteiger partial charge in [-0.2, -0.15) is 18.3 Å². The van der Waals surface area contributed by atoms with Crippen LogP contribution in [0.25, 0.3) is 5.69 Å². The molecule has 0 radical (unpaired) electrons. The second-order valence-electron chi connectivity index (χ2n) is 9.26. The highest BCUT2D eigenvalue weighted by Gasteiger charge is 2.33. The van der Waals surface area contributed by atoms with Crippen molar-refractivity contribution in [1.29, 1.82) is 0 Å². The Kier molecular flexibility index (Phi) is 7.42. The van der Waals surface area contributed by atoms with Crippen LogP contribution in [0.2, 0.25) is 0 Å². The standard InChI is InChI=1S/C27H22F5N3O5/c1-14-13-17(11-12-20(14)40-26(2,3)24(36)37)39-22(15-7-9-16(10-8-15)27(30,31)32)23-33-34-25(38)35(23)21-18(28)5-4-6-19(21)29/h4-13,22H,1-3H3,(H,34,38)(H,36,37). The van der Waals surface area contributed by atoms with Gasteiger partial charge in [-0.25, -0.2) is 28.0 Å². The number of aromatic nitrogens is 3. The van der Waals surface area contributed by atoms with Crippen LogP contribution in [-0.2, 0) is 11.0 Å². The Morgan fingerprint density at radius 2 is 1.65 bits per heavy atom. The first-order valence-corrected chi connectivity index (χ1v) is 11.7. The van der Waals surface area contributed by atoms with Crippen LogP contribution in [0.4, 0.5) is 22.0 Å². The maximum atomic E-state index is 14.7. The number of nitrogens with one attached hydrogen (secondary N) is 1. The van der Waals surface area contributed by atoms with Crippen molar-refractivity contribution >= 4 is 5.97 Å². The molecular weight excluding hydrogens is 541 g/mol. The minimum atomic E-state index is -4.63. The highest BCUT2D eigenvalue weighted by molar-refractivity contribution is 5.76. The molecule has 0 bridgehead atoms. The molecule has 4 aromatic rings. The van der Waals surface area contributed by atoms with Crippen molar-refractivity contribution in [2.75, 3.05) is 0 Å². The van der Waals surface area contributed by atoms with Crippen LogP contribution >= 0.6 is 0 Å². The summed E-state index contributed by atoms with van der Waals surface area (Å²) in [6.45, 7) is 4.32. The predicted octanol–water partition coefficient (Wildman–Crippen LogP) is 5.58. The summed E-state index contributed by atoms with van der Waals surface area (Å²) in [5, 5.41) is 15.3. The molecule has 13 heteroatoms. The average Bonchev–Trinajstić information content (AvgIpc) is 3.24. The number of ether oxygens (including phenoxy) is 2. The number of carbonyl (C=O) groups is 1. The van der Waals surface area contributed by atoms with E-state index in [9.17, 15) is 36.6 Å². The number of rotatable bonds is 8. The summed E-state index contributed by atoms with van der Waals surface area (Å²) in [5.41, 5.74) is -3.76. The van der Waals surface area contributed by atoms with E-state index in [1.54, 1.807) is 6.92 Å². The Labute approximate surface area is 223 Å². The number of benzene rings is 3. The van der Waals surface area contributed by atoms with Gasteiger partial charge >= 0.3 is 17.8 Å². The van der Waals surface area contributed by atoms with Crippen molar-refractivity contribution in [1.82, 2.24) is 14.8 Å². The quantitative estimate of drug-likeness (QED) is 0.271. The monoisotopic (exact) mass is 563 g/mol. The normalized spacial score (nSPS) is 12.7. The minimum absolute atomic E-state index is 0.0787. The summed E-state index contributed by atoms with van der Waals surface area (Å²) in [4.78, 5) is 24.1. The van der Waals surface area contributed by atoms with Gasteiger partial charge in [0.25, 0.3) is 0 Å². The number of carboxylic acids is 1. The van der Waals surface area contributed by atoms with Gasteiger partial charge in [0, 0.05) is 5.56 Å². The molecule has 0 aliphatic heterocycles. The van der Waals surface area contributed by atoms with Crippen molar-refractivity contribution in [3.63, 3.8) is 0 Å². The smallest absolute Gasteiger partial charge is 0.416 e. The summed E-state index contributed by atoms with van der Waals surface area (Å²) in [7, 11) is 0. The van der Waals surface area contributed by atoms with E-state index in [0.717, 1.165) is 42.5 Å². The Morgan fingerprint density at radius 3 is 2.20 bits per heavy atom. The molecule has 1 unspecified atom stereocenters. The van der Waals surface area contributed by atoms with E-state index in [2.05, 4.69) is 10.2 Å². The molecule has 2 N–H and O–H groups in total. The first-order chi connectivity index (χ1) is 18.7. The van der Waals surface area contributed by atoms with E-state index in [-0.39, 0.29) is 22.9 Å². The molecule has 8 nitrogen and oxygen atoms in total. The number of aromatic amines is 1. The van der Waals surface area contributed by atoms with Gasteiger partial charge in [0.1, 0.15) is 28.8 Å². The first-order valence-electron chi connectivity index (χ1n) is 11.7. The van der Waals surface area contributed by atoms with Gasteiger partial charge < -0.3 is 14.6 Å². The summed E-state index contributed by atoms with van der Waals surface area (Å²) >= 11 is 0. The number of halogens is 5. The Bertz CT molecular complexity index is 1590. The Morgan fingerprint density at radius 1 is 1.02 bits per heavy atom. The van der Waals surface area contributed by atoms with Crippen LogP contribution in [0, 0.1) is 18.6 Å². The van der Waals surface area contributed by atoms with E-state index in [0.29, 0.717) is 10.1 Å². The molecule has 0 spiro atoms. The Hall–Kier alpha value is -4.68. The van der Waals surface area contributed by atoms with Gasteiger partial charge in [0.05, 0.1) is 5.56 Å². The van der Waals surface area contributed by atoms with Crippen LogP contribution in [0.3, 0.4) is 0 Å². The number of hydrogen-bond acceptors (Lipinski definition) is 5. The molecule has 210 valence electrons. The van der Waals surface area contributed by atoms with E-state index in [1.165, 1.54) is 32.0 Å². The molecule has 4 rings (SSSR count). The molecule has 40 heavy (non-hydrogen) atoms. The minimum Gasteiger partial charge on any atom is -0.478 e. The zero-order valence-corrected chi connectivity index (χ0v) is 21.2. The number of H-pyrrole nitrogens is 1. The highest BCUT2D eigenvalue weighted by Crippen LogP contribution is 2.35. The fourth-order valence-electron chi connectivity index (χ4n) is 3.78. The van der Waals surface area contributed by atoms with Gasteiger partial charge in [-0.1, -0.05) is 18.2 Å². The molecule has 3 aromatic carbocycles. The molecule has 1 atom stereocenters. The molecule has 0 aliphatic rings. The maximum absolute atomic E-state index is 14.7. The van der Waals surface area contributed by atoms with Crippen molar-refractivity contribution < 1.29 is 41.3 Å². The Balaban J connectivity index is 1.82. The number of alkyl halides is 3. The second kappa shape index (κ2) is 10.5. The SMILES string of the molecule is Cc1cc(OC(c2ccc(C(F)(F)F)cc2)c2n[nH]c(=O)n2-c2c(F)cccc2F)ccc1OC(C)(C)C(=O)O. The number of hydrogen-bond donors (Lipinski definition) is 2. The molecule has 1 heterocycles. The third-order valence-electron chi connectivity index (χ3n) is 5.92. The van der Waals surface area contributed by atoms with Crippen molar-refractivity contribution in [3.8, 4) is 17.2 Å². The van der Waals surface area contributed by atoms with E-state index < -0.39 is 52.4 Å². The van der Waals surface area contributed by atoms with Gasteiger partial charge in [-0.05, 0) is 68.8 Å². The summed E-state index contributed by atoms with van der Waals surface area (Å²) in [5.74, 6) is -3.40.